The first-order valence-electron chi connectivity index (χ1n) is 6.34. The number of nitrogens with zero attached hydrogens (tertiary/aromatic N) is 2. The Kier molecular flexibility index (Phi) is 3.75. The lowest BCUT2D eigenvalue weighted by Gasteiger charge is -2.21. The van der Waals surface area contributed by atoms with Gasteiger partial charge in [-0.15, -0.1) is 0 Å². The van der Waals surface area contributed by atoms with Crippen molar-refractivity contribution in [3.05, 3.63) is 17.6 Å². The Hall–Kier alpha value is -1.12. The molecule has 2 rings (SSSR count). The molecule has 1 aromatic heterocycles. The third kappa shape index (κ3) is 3.19. The molecule has 0 aromatic carbocycles. The van der Waals surface area contributed by atoms with Gasteiger partial charge < -0.3 is 5.73 Å². The minimum atomic E-state index is 0.603. The molecular weight excluding hydrogens is 198 g/mol. The van der Waals surface area contributed by atoms with Crippen molar-refractivity contribution in [2.75, 3.05) is 5.73 Å². The molecule has 1 aliphatic carbocycles. The van der Waals surface area contributed by atoms with Gasteiger partial charge >= 0.3 is 0 Å². The van der Waals surface area contributed by atoms with E-state index in [1.54, 1.807) is 0 Å². The normalized spacial score (nSPS) is 17.6. The van der Waals surface area contributed by atoms with Gasteiger partial charge in [0.05, 0.1) is 0 Å². The molecule has 3 heteroatoms. The second-order valence-electron chi connectivity index (χ2n) is 4.87. The predicted octanol–water partition coefficient (Wildman–Crippen LogP) is 2.88. The third-order valence-corrected chi connectivity index (χ3v) is 3.44. The number of hydrogen-bond donors (Lipinski definition) is 1. The molecule has 1 aromatic rings. The molecule has 0 amide bonds. The number of nitrogen functional groups attached to an aromatic ring is 1. The topological polar surface area (TPSA) is 51.8 Å². The lowest BCUT2D eigenvalue weighted by atomic mass is 9.86. The van der Waals surface area contributed by atoms with E-state index in [2.05, 4.69) is 9.97 Å². The quantitative estimate of drug-likeness (QED) is 0.850. The molecule has 2 N–H and O–H groups in total. The molecule has 1 aliphatic rings. The van der Waals surface area contributed by atoms with Gasteiger partial charge in [-0.25, -0.2) is 9.97 Å². The lowest BCUT2D eigenvalue weighted by molar-refractivity contribution is 0.338. The highest BCUT2D eigenvalue weighted by Gasteiger charge is 2.13. The van der Waals surface area contributed by atoms with Crippen LogP contribution >= 0.6 is 0 Å². The highest BCUT2D eigenvalue weighted by Crippen LogP contribution is 2.27. The van der Waals surface area contributed by atoms with E-state index in [0.29, 0.717) is 5.82 Å². The molecule has 0 aliphatic heterocycles. The first-order chi connectivity index (χ1) is 7.74. The largest absolute Gasteiger partial charge is 0.384 e. The second kappa shape index (κ2) is 5.28. The first-order valence-corrected chi connectivity index (χ1v) is 6.34. The predicted molar refractivity (Wildman–Crippen MR) is 66.1 cm³/mol. The van der Waals surface area contributed by atoms with Crippen molar-refractivity contribution in [2.24, 2.45) is 5.92 Å². The highest BCUT2D eigenvalue weighted by molar-refractivity contribution is 5.29. The molecule has 0 bridgehead atoms. The molecule has 16 heavy (non-hydrogen) atoms. The Labute approximate surface area is 97.5 Å². The fourth-order valence-corrected chi connectivity index (χ4v) is 2.61. The summed E-state index contributed by atoms with van der Waals surface area (Å²) in [5.41, 5.74) is 6.82. The maximum atomic E-state index is 5.72. The maximum absolute atomic E-state index is 5.72. The molecule has 3 nitrogen and oxygen atoms in total. The van der Waals surface area contributed by atoms with Crippen LogP contribution in [0.3, 0.4) is 0 Å². The van der Waals surface area contributed by atoms with E-state index in [1.165, 1.54) is 38.5 Å². The van der Waals surface area contributed by atoms with Crippen LogP contribution in [0.2, 0.25) is 0 Å². The Morgan fingerprint density at radius 3 is 2.69 bits per heavy atom. The fourth-order valence-electron chi connectivity index (χ4n) is 2.61. The van der Waals surface area contributed by atoms with Crippen LogP contribution in [-0.4, -0.2) is 9.97 Å². The van der Waals surface area contributed by atoms with E-state index in [9.17, 15) is 0 Å². The number of rotatable bonds is 3. The standard InChI is InChI=1S/C13H21N3/c1-10-15-12(9-13(14)16-10)8-7-11-5-3-2-4-6-11/h9,11H,2-8H2,1H3,(H2,14,15,16). The molecular formula is C13H21N3. The van der Waals surface area contributed by atoms with Gasteiger partial charge in [-0.1, -0.05) is 32.1 Å². The molecule has 1 fully saturated rings. The summed E-state index contributed by atoms with van der Waals surface area (Å²) in [6.45, 7) is 1.90. The van der Waals surface area contributed by atoms with Crippen molar-refractivity contribution >= 4 is 5.82 Å². The molecule has 0 unspecified atom stereocenters. The fraction of sp³-hybridized carbons (Fsp3) is 0.692. The third-order valence-electron chi connectivity index (χ3n) is 3.44. The zero-order chi connectivity index (χ0) is 11.4. The summed E-state index contributed by atoms with van der Waals surface area (Å²) >= 11 is 0. The van der Waals surface area contributed by atoms with Crippen molar-refractivity contribution < 1.29 is 0 Å². The smallest absolute Gasteiger partial charge is 0.127 e. The van der Waals surface area contributed by atoms with Crippen LogP contribution in [0.15, 0.2) is 6.07 Å². The van der Waals surface area contributed by atoms with Crippen molar-refractivity contribution in [1.82, 2.24) is 9.97 Å². The number of anilines is 1. The van der Waals surface area contributed by atoms with E-state index in [0.717, 1.165) is 23.9 Å². The second-order valence-corrected chi connectivity index (χ2v) is 4.87. The summed E-state index contributed by atoms with van der Waals surface area (Å²) in [6.07, 6.45) is 9.37. The highest BCUT2D eigenvalue weighted by atomic mass is 14.9. The van der Waals surface area contributed by atoms with Crippen LogP contribution < -0.4 is 5.73 Å². The SMILES string of the molecule is Cc1nc(N)cc(CCC2CCCCC2)n1. The number of hydrogen-bond acceptors (Lipinski definition) is 3. The van der Waals surface area contributed by atoms with Gasteiger partial charge in [-0.2, -0.15) is 0 Å². The van der Waals surface area contributed by atoms with Gasteiger partial charge in [0.2, 0.25) is 0 Å². The number of nitrogens with two attached hydrogens (primary N) is 1. The summed E-state index contributed by atoms with van der Waals surface area (Å²) in [5.74, 6) is 2.30. The summed E-state index contributed by atoms with van der Waals surface area (Å²) in [4.78, 5) is 8.52. The van der Waals surface area contributed by atoms with Gasteiger partial charge in [-0.05, 0) is 25.7 Å². The summed E-state index contributed by atoms with van der Waals surface area (Å²) in [7, 11) is 0. The average Bonchev–Trinajstić information content (AvgIpc) is 2.27. The summed E-state index contributed by atoms with van der Waals surface area (Å²) in [6, 6.07) is 1.91. The van der Waals surface area contributed by atoms with Crippen LogP contribution in [-0.2, 0) is 6.42 Å². The van der Waals surface area contributed by atoms with Crippen molar-refractivity contribution in [3.63, 3.8) is 0 Å². The van der Waals surface area contributed by atoms with Crippen LogP contribution in [0, 0.1) is 12.8 Å². The molecule has 0 atom stereocenters. The van der Waals surface area contributed by atoms with Crippen LogP contribution in [0.4, 0.5) is 5.82 Å². The van der Waals surface area contributed by atoms with Gasteiger partial charge in [0.25, 0.3) is 0 Å². The molecule has 88 valence electrons. The van der Waals surface area contributed by atoms with E-state index in [4.69, 9.17) is 5.73 Å². The number of aryl methyl sites for hydroxylation is 2. The maximum Gasteiger partial charge on any atom is 0.127 e. The molecule has 1 heterocycles. The first kappa shape index (κ1) is 11.4. The average molecular weight is 219 g/mol. The molecule has 0 spiro atoms. The molecule has 0 saturated heterocycles. The summed E-state index contributed by atoms with van der Waals surface area (Å²) < 4.78 is 0. The summed E-state index contributed by atoms with van der Waals surface area (Å²) in [5, 5.41) is 0. The molecule has 0 radical (unpaired) electrons. The van der Waals surface area contributed by atoms with Gasteiger partial charge in [-0.3, -0.25) is 0 Å². The van der Waals surface area contributed by atoms with Gasteiger partial charge in [0, 0.05) is 11.8 Å². The Morgan fingerprint density at radius 1 is 1.25 bits per heavy atom. The van der Waals surface area contributed by atoms with E-state index < -0.39 is 0 Å². The van der Waals surface area contributed by atoms with E-state index in [-0.39, 0.29) is 0 Å². The van der Waals surface area contributed by atoms with E-state index >= 15 is 0 Å². The van der Waals surface area contributed by atoms with Crippen molar-refractivity contribution in [3.8, 4) is 0 Å². The van der Waals surface area contributed by atoms with Crippen molar-refractivity contribution in [2.45, 2.75) is 51.9 Å². The van der Waals surface area contributed by atoms with E-state index in [1.807, 2.05) is 13.0 Å². The van der Waals surface area contributed by atoms with Crippen LogP contribution in [0.25, 0.3) is 0 Å². The minimum Gasteiger partial charge on any atom is -0.384 e. The van der Waals surface area contributed by atoms with Crippen LogP contribution in [0.1, 0.15) is 50.0 Å². The minimum absolute atomic E-state index is 0.603. The Bertz CT molecular complexity index is 323. The van der Waals surface area contributed by atoms with Gasteiger partial charge in [0.15, 0.2) is 0 Å². The monoisotopic (exact) mass is 219 g/mol. The lowest BCUT2D eigenvalue weighted by Crippen LogP contribution is -2.08. The Balaban J connectivity index is 1.88. The van der Waals surface area contributed by atoms with Gasteiger partial charge in [0.1, 0.15) is 11.6 Å². The Morgan fingerprint density at radius 2 is 2.00 bits per heavy atom. The zero-order valence-electron chi connectivity index (χ0n) is 10.1. The van der Waals surface area contributed by atoms with Crippen LogP contribution in [0.5, 0.6) is 0 Å². The number of aromatic nitrogens is 2. The van der Waals surface area contributed by atoms with Crippen molar-refractivity contribution in [1.29, 1.82) is 0 Å². The molecule has 1 saturated carbocycles. The zero-order valence-corrected chi connectivity index (χ0v) is 10.1.